The molecule has 0 saturated carbocycles. The van der Waals surface area contributed by atoms with E-state index in [9.17, 15) is 4.39 Å². The third kappa shape index (κ3) is 5.12. The van der Waals surface area contributed by atoms with Crippen LogP contribution in [0.15, 0.2) is 24.3 Å². The van der Waals surface area contributed by atoms with E-state index in [1.165, 1.54) is 12.1 Å². The van der Waals surface area contributed by atoms with Gasteiger partial charge in [0.2, 0.25) is 0 Å². The lowest BCUT2D eigenvalue weighted by Gasteiger charge is -2.21. The molecule has 3 nitrogen and oxygen atoms in total. The second-order valence-corrected chi connectivity index (χ2v) is 4.03. The maximum absolute atomic E-state index is 13.1. The van der Waals surface area contributed by atoms with Gasteiger partial charge in [-0.3, -0.25) is 0 Å². The van der Waals surface area contributed by atoms with E-state index < -0.39 is 0 Å². The summed E-state index contributed by atoms with van der Waals surface area (Å²) in [7, 11) is 0. The number of rotatable bonds is 8. The van der Waals surface area contributed by atoms with Gasteiger partial charge in [0.1, 0.15) is 5.82 Å². The minimum Gasteiger partial charge on any atom is -0.352 e. The van der Waals surface area contributed by atoms with Crippen LogP contribution in [0, 0.1) is 5.82 Å². The maximum Gasteiger partial charge on any atom is 0.169 e. The molecule has 1 unspecified atom stereocenters. The van der Waals surface area contributed by atoms with Crippen LogP contribution in [0.2, 0.25) is 0 Å². The molecule has 1 atom stereocenters. The SMILES string of the molecule is CCOC(CNC(C)c1cccc(F)c1)OCC. The first-order valence-corrected chi connectivity index (χ1v) is 6.39. The number of nitrogens with one attached hydrogen (secondary N) is 1. The summed E-state index contributed by atoms with van der Waals surface area (Å²) in [6.07, 6.45) is -0.254. The Balaban J connectivity index is 2.46. The molecule has 1 aromatic rings. The summed E-state index contributed by atoms with van der Waals surface area (Å²) in [5, 5.41) is 3.28. The minimum absolute atomic E-state index is 0.0594. The molecule has 0 fully saturated rings. The molecule has 0 aliphatic heterocycles. The first-order valence-electron chi connectivity index (χ1n) is 6.39. The van der Waals surface area contributed by atoms with Crippen LogP contribution in [0.3, 0.4) is 0 Å². The predicted molar refractivity (Wildman–Crippen MR) is 69.9 cm³/mol. The smallest absolute Gasteiger partial charge is 0.169 e. The number of halogens is 1. The summed E-state index contributed by atoms with van der Waals surface area (Å²) in [6, 6.07) is 6.65. The molecule has 0 aromatic heterocycles. The Kier molecular flexibility index (Phi) is 6.86. The number of hydrogen-bond acceptors (Lipinski definition) is 3. The van der Waals surface area contributed by atoms with E-state index >= 15 is 0 Å². The highest BCUT2D eigenvalue weighted by atomic mass is 19.1. The van der Waals surface area contributed by atoms with Crippen LogP contribution >= 0.6 is 0 Å². The van der Waals surface area contributed by atoms with Crippen LogP contribution in [-0.4, -0.2) is 26.0 Å². The standard InChI is InChI=1S/C14H22FNO2/c1-4-17-14(18-5-2)10-16-11(3)12-7-6-8-13(15)9-12/h6-9,11,14,16H,4-5,10H2,1-3H3. The zero-order valence-corrected chi connectivity index (χ0v) is 11.3. The first-order chi connectivity index (χ1) is 8.67. The summed E-state index contributed by atoms with van der Waals surface area (Å²) >= 11 is 0. The number of ether oxygens (including phenoxy) is 2. The normalized spacial score (nSPS) is 12.9. The molecule has 102 valence electrons. The highest BCUT2D eigenvalue weighted by molar-refractivity contribution is 5.19. The van der Waals surface area contributed by atoms with E-state index in [0.29, 0.717) is 19.8 Å². The fourth-order valence-corrected chi connectivity index (χ4v) is 1.70. The molecule has 1 N–H and O–H groups in total. The van der Waals surface area contributed by atoms with Gasteiger partial charge in [-0.05, 0) is 38.5 Å². The zero-order chi connectivity index (χ0) is 13.4. The van der Waals surface area contributed by atoms with Crippen LogP contribution in [-0.2, 0) is 9.47 Å². The topological polar surface area (TPSA) is 30.5 Å². The van der Waals surface area contributed by atoms with Gasteiger partial charge in [0, 0.05) is 25.8 Å². The number of hydrogen-bond donors (Lipinski definition) is 1. The molecule has 0 aliphatic carbocycles. The Morgan fingerprint density at radius 2 is 1.89 bits per heavy atom. The Bertz CT molecular complexity index is 340. The molecule has 0 spiro atoms. The van der Waals surface area contributed by atoms with Gasteiger partial charge in [0.25, 0.3) is 0 Å². The summed E-state index contributed by atoms with van der Waals surface area (Å²) in [5.41, 5.74) is 0.918. The molecule has 1 aromatic carbocycles. The van der Waals surface area contributed by atoms with Gasteiger partial charge in [0.05, 0.1) is 0 Å². The quantitative estimate of drug-likeness (QED) is 0.725. The van der Waals surface area contributed by atoms with Gasteiger partial charge in [-0.2, -0.15) is 0 Å². The van der Waals surface area contributed by atoms with Gasteiger partial charge in [0.15, 0.2) is 6.29 Å². The fourth-order valence-electron chi connectivity index (χ4n) is 1.70. The largest absolute Gasteiger partial charge is 0.352 e. The molecule has 0 amide bonds. The van der Waals surface area contributed by atoms with Crippen molar-refractivity contribution in [2.24, 2.45) is 0 Å². The van der Waals surface area contributed by atoms with Crippen LogP contribution in [0.5, 0.6) is 0 Å². The Hall–Kier alpha value is -0.970. The third-order valence-electron chi connectivity index (χ3n) is 2.64. The first kappa shape index (κ1) is 15.1. The Labute approximate surface area is 108 Å². The van der Waals surface area contributed by atoms with Crippen LogP contribution in [0.1, 0.15) is 32.4 Å². The monoisotopic (exact) mass is 255 g/mol. The van der Waals surface area contributed by atoms with E-state index in [1.54, 1.807) is 6.07 Å². The lowest BCUT2D eigenvalue weighted by molar-refractivity contribution is -0.133. The lowest BCUT2D eigenvalue weighted by atomic mass is 10.1. The van der Waals surface area contributed by atoms with Crippen LogP contribution in [0.4, 0.5) is 4.39 Å². The second-order valence-electron chi connectivity index (χ2n) is 4.03. The van der Waals surface area contributed by atoms with Gasteiger partial charge in [-0.15, -0.1) is 0 Å². The number of benzene rings is 1. The van der Waals surface area contributed by atoms with Crippen molar-refractivity contribution >= 4 is 0 Å². The Morgan fingerprint density at radius 1 is 1.22 bits per heavy atom. The molecule has 1 rings (SSSR count). The van der Waals surface area contributed by atoms with Gasteiger partial charge < -0.3 is 14.8 Å². The van der Waals surface area contributed by atoms with Crippen molar-refractivity contribution in [3.63, 3.8) is 0 Å². The van der Waals surface area contributed by atoms with Crippen molar-refractivity contribution in [2.75, 3.05) is 19.8 Å². The van der Waals surface area contributed by atoms with Crippen molar-refractivity contribution in [1.82, 2.24) is 5.32 Å². The van der Waals surface area contributed by atoms with Gasteiger partial charge >= 0.3 is 0 Å². The van der Waals surface area contributed by atoms with Crippen LogP contribution < -0.4 is 5.32 Å². The van der Waals surface area contributed by atoms with Crippen molar-refractivity contribution in [3.05, 3.63) is 35.6 Å². The van der Waals surface area contributed by atoms with E-state index in [0.717, 1.165) is 5.56 Å². The molecular weight excluding hydrogens is 233 g/mol. The summed E-state index contributed by atoms with van der Waals surface area (Å²) in [6.45, 7) is 7.66. The van der Waals surface area contributed by atoms with E-state index in [1.807, 2.05) is 26.8 Å². The average molecular weight is 255 g/mol. The summed E-state index contributed by atoms with van der Waals surface area (Å²) in [4.78, 5) is 0. The summed E-state index contributed by atoms with van der Waals surface area (Å²) < 4.78 is 24.0. The molecule has 0 saturated heterocycles. The van der Waals surface area contributed by atoms with E-state index in [2.05, 4.69) is 5.32 Å². The Morgan fingerprint density at radius 3 is 2.44 bits per heavy atom. The van der Waals surface area contributed by atoms with Gasteiger partial charge in [-0.25, -0.2) is 4.39 Å². The molecule has 0 bridgehead atoms. The van der Waals surface area contributed by atoms with Gasteiger partial charge in [-0.1, -0.05) is 12.1 Å². The minimum atomic E-state index is -0.254. The fraction of sp³-hybridized carbons (Fsp3) is 0.571. The highest BCUT2D eigenvalue weighted by Gasteiger charge is 2.11. The predicted octanol–water partition coefficient (Wildman–Crippen LogP) is 2.88. The highest BCUT2D eigenvalue weighted by Crippen LogP contribution is 2.13. The van der Waals surface area contributed by atoms with Crippen LogP contribution in [0.25, 0.3) is 0 Å². The second kappa shape index (κ2) is 8.19. The third-order valence-corrected chi connectivity index (χ3v) is 2.64. The van der Waals surface area contributed by atoms with E-state index in [4.69, 9.17) is 9.47 Å². The zero-order valence-electron chi connectivity index (χ0n) is 11.3. The maximum atomic E-state index is 13.1. The van der Waals surface area contributed by atoms with Crippen molar-refractivity contribution in [3.8, 4) is 0 Å². The molecule has 18 heavy (non-hydrogen) atoms. The van der Waals surface area contributed by atoms with E-state index in [-0.39, 0.29) is 18.1 Å². The van der Waals surface area contributed by atoms with Crippen molar-refractivity contribution < 1.29 is 13.9 Å². The van der Waals surface area contributed by atoms with Crippen molar-refractivity contribution in [1.29, 1.82) is 0 Å². The molecule has 0 aliphatic rings. The molecule has 0 radical (unpaired) electrons. The molecule has 4 heteroatoms. The molecular formula is C14H22FNO2. The lowest BCUT2D eigenvalue weighted by Crippen LogP contribution is -2.33. The molecule has 0 heterocycles. The summed E-state index contributed by atoms with van der Waals surface area (Å²) in [5.74, 6) is -0.215. The van der Waals surface area contributed by atoms with Crippen molar-refractivity contribution in [2.45, 2.75) is 33.1 Å². The average Bonchev–Trinajstić information content (AvgIpc) is 2.36.